The molecule has 0 aliphatic heterocycles. The Hall–Kier alpha value is -3.34. The van der Waals surface area contributed by atoms with E-state index in [0.29, 0.717) is 32.1 Å². The lowest BCUT2D eigenvalue weighted by Crippen LogP contribution is -1.99. The van der Waals surface area contributed by atoms with Gasteiger partial charge in [-0.2, -0.15) is 5.26 Å². The van der Waals surface area contributed by atoms with Crippen LogP contribution in [-0.2, 0) is 6.61 Å². The van der Waals surface area contributed by atoms with Crippen molar-refractivity contribution in [3.05, 3.63) is 97.0 Å². The minimum Gasteiger partial charge on any atom is -0.493 e. The number of non-ortho nitro benzene ring substituents is 1. The molecule has 0 heterocycles. The zero-order valence-corrected chi connectivity index (χ0v) is 18.7. The zero-order valence-electron chi connectivity index (χ0n) is 16.3. The van der Waals surface area contributed by atoms with Gasteiger partial charge >= 0.3 is 0 Å². The Morgan fingerprint density at radius 3 is 2.55 bits per heavy atom. The molecule has 0 saturated heterocycles. The van der Waals surface area contributed by atoms with Crippen LogP contribution in [0.25, 0.3) is 11.6 Å². The fourth-order valence-electron chi connectivity index (χ4n) is 2.85. The van der Waals surface area contributed by atoms with Gasteiger partial charge in [-0.25, -0.2) is 0 Å². The van der Waals surface area contributed by atoms with Crippen LogP contribution in [-0.4, -0.2) is 12.0 Å². The predicted molar refractivity (Wildman–Crippen MR) is 123 cm³/mol. The molecule has 0 bridgehead atoms. The topological polar surface area (TPSA) is 85.4 Å². The third-order valence-corrected chi connectivity index (χ3v) is 5.30. The molecule has 0 spiro atoms. The Balaban J connectivity index is 1.87. The normalized spacial score (nSPS) is 11.0. The molecule has 0 aliphatic rings. The number of rotatable bonds is 7. The minimum absolute atomic E-state index is 0.0190. The molecule has 0 amide bonds. The van der Waals surface area contributed by atoms with Gasteiger partial charge in [-0.15, -0.1) is 0 Å². The van der Waals surface area contributed by atoms with E-state index in [2.05, 4.69) is 22.0 Å². The second-order valence-corrected chi connectivity index (χ2v) is 7.66. The molecule has 0 radical (unpaired) electrons. The Kier molecular flexibility index (Phi) is 7.29. The van der Waals surface area contributed by atoms with E-state index < -0.39 is 4.92 Å². The van der Waals surface area contributed by atoms with Crippen LogP contribution in [0.1, 0.15) is 16.7 Å². The van der Waals surface area contributed by atoms with Gasteiger partial charge in [0.1, 0.15) is 6.61 Å². The SMILES string of the molecule is COc1cc(C=C(C#N)c2ccccc2Cl)cc(Br)c1OCc1ccc([N+](=O)[O-])cc1. The second-order valence-electron chi connectivity index (χ2n) is 6.40. The van der Waals surface area contributed by atoms with Crippen LogP contribution < -0.4 is 9.47 Å². The lowest BCUT2D eigenvalue weighted by Gasteiger charge is -2.14. The van der Waals surface area contributed by atoms with Gasteiger partial charge in [-0.1, -0.05) is 29.8 Å². The van der Waals surface area contributed by atoms with Crippen molar-refractivity contribution in [2.24, 2.45) is 0 Å². The minimum atomic E-state index is -0.450. The van der Waals surface area contributed by atoms with E-state index in [4.69, 9.17) is 21.1 Å². The zero-order chi connectivity index (χ0) is 22.4. The predicted octanol–water partition coefficient (Wildman–Crippen LogP) is 6.66. The van der Waals surface area contributed by atoms with Crippen molar-refractivity contribution in [2.75, 3.05) is 7.11 Å². The number of halogens is 2. The maximum absolute atomic E-state index is 10.8. The molecule has 156 valence electrons. The third-order valence-electron chi connectivity index (χ3n) is 4.38. The summed E-state index contributed by atoms with van der Waals surface area (Å²) in [5, 5.41) is 20.9. The molecule has 3 aromatic rings. The van der Waals surface area contributed by atoms with E-state index in [9.17, 15) is 15.4 Å². The van der Waals surface area contributed by atoms with Gasteiger partial charge in [-0.3, -0.25) is 10.1 Å². The van der Waals surface area contributed by atoms with Crippen LogP contribution in [0.3, 0.4) is 0 Å². The second kappa shape index (κ2) is 10.1. The number of nitriles is 1. The summed E-state index contributed by atoms with van der Waals surface area (Å²) < 4.78 is 12.0. The quantitative estimate of drug-likeness (QED) is 0.157. The first kappa shape index (κ1) is 22.3. The number of benzene rings is 3. The summed E-state index contributed by atoms with van der Waals surface area (Å²) in [6.07, 6.45) is 1.72. The van der Waals surface area contributed by atoms with Gasteiger partial charge in [0, 0.05) is 22.7 Å². The van der Waals surface area contributed by atoms with Crippen molar-refractivity contribution < 1.29 is 14.4 Å². The number of ether oxygens (including phenoxy) is 2. The highest BCUT2D eigenvalue weighted by Crippen LogP contribution is 2.38. The van der Waals surface area contributed by atoms with Crippen LogP contribution in [0.4, 0.5) is 5.69 Å². The van der Waals surface area contributed by atoms with Crippen molar-refractivity contribution in [2.45, 2.75) is 6.61 Å². The molecule has 0 N–H and O–H groups in total. The largest absolute Gasteiger partial charge is 0.493 e. The highest BCUT2D eigenvalue weighted by atomic mass is 79.9. The van der Waals surface area contributed by atoms with Crippen LogP contribution in [0, 0.1) is 21.4 Å². The van der Waals surface area contributed by atoms with Gasteiger partial charge in [-0.05, 0) is 63.5 Å². The molecule has 0 atom stereocenters. The van der Waals surface area contributed by atoms with Gasteiger partial charge in [0.05, 0.1) is 28.1 Å². The number of hydrogen-bond donors (Lipinski definition) is 0. The van der Waals surface area contributed by atoms with E-state index in [1.54, 1.807) is 42.5 Å². The molecular formula is C23H16BrClN2O4. The Morgan fingerprint density at radius 1 is 1.23 bits per heavy atom. The fourth-order valence-corrected chi connectivity index (χ4v) is 3.66. The van der Waals surface area contributed by atoms with Crippen molar-refractivity contribution in [3.63, 3.8) is 0 Å². The van der Waals surface area contributed by atoms with Gasteiger partial charge in [0.2, 0.25) is 0 Å². The van der Waals surface area contributed by atoms with E-state index in [1.807, 2.05) is 12.1 Å². The highest BCUT2D eigenvalue weighted by molar-refractivity contribution is 9.10. The van der Waals surface area contributed by atoms with Crippen LogP contribution >= 0.6 is 27.5 Å². The average Bonchev–Trinajstić information content (AvgIpc) is 2.77. The molecule has 0 aliphatic carbocycles. The molecule has 6 nitrogen and oxygen atoms in total. The number of hydrogen-bond acceptors (Lipinski definition) is 5. The van der Waals surface area contributed by atoms with E-state index in [0.717, 1.165) is 11.1 Å². The molecule has 0 aromatic heterocycles. The van der Waals surface area contributed by atoms with Crippen molar-refractivity contribution in [1.29, 1.82) is 5.26 Å². The first-order valence-electron chi connectivity index (χ1n) is 9.03. The van der Waals surface area contributed by atoms with E-state index in [-0.39, 0.29) is 12.3 Å². The summed E-state index contributed by atoms with van der Waals surface area (Å²) in [7, 11) is 1.52. The summed E-state index contributed by atoms with van der Waals surface area (Å²) in [6, 6.07) is 19.0. The smallest absolute Gasteiger partial charge is 0.269 e. The van der Waals surface area contributed by atoms with Crippen molar-refractivity contribution in [1.82, 2.24) is 0 Å². The van der Waals surface area contributed by atoms with Gasteiger partial charge in [0.15, 0.2) is 11.5 Å². The number of nitrogens with zero attached hydrogens (tertiary/aromatic N) is 2. The summed E-state index contributed by atoms with van der Waals surface area (Å²) in [5.41, 5.74) is 2.57. The highest BCUT2D eigenvalue weighted by Gasteiger charge is 2.13. The summed E-state index contributed by atoms with van der Waals surface area (Å²) in [4.78, 5) is 10.3. The van der Waals surface area contributed by atoms with Crippen LogP contribution in [0.5, 0.6) is 11.5 Å². The Morgan fingerprint density at radius 2 is 1.94 bits per heavy atom. The maximum atomic E-state index is 10.8. The number of methoxy groups -OCH3 is 1. The Bertz CT molecular complexity index is 1190. The Labute approximate surface area is 192 Å². The van der Waals surface area contributed by atoms with Gasteiger partial charge < -0.3 is 9.47 Å². The number of nitro benzene ring substituents is 1. The van der Waals surface area contributed by atoms with Crippen LogP contribution in [0.15, 0.2) is 65.1 Å². The lowest BCUT2D eigenvalue weighted by molar-refractivity contribution is -0.384. The van der Waals surface area contributed by atoms with Crippen molar-refractivity contribution in [3.8, 4) is 17.6 Å². The molecule has 3 rings (SSSR count). The van der Waals surface area contributed by atoms with Gasteiger partial charge in [0.25, 0.3) is 5.69 Å². The molecule has 0 fully saturated rings. The number of nitro groups is 1. The van der Waals surface area contributed by atoms with E-state index in [1.165, 1.54) is 19.2 Å². The lowest BCUT2D eigenvalue weighted by atomic mass is 10.0. The van der Waals surface area contributed by atoms with Crippen LogP contribution in [0.2, 0.25) is 5.02 Å². The standard InChI is InChI=1S/C23H16BrClN2O4/c1-30-22-12-16(10-17(13-26)19-4-2-3-5-21(19)25)11-20(24)23(22)31-14-15-6-8-18(9-7-15)27(28)29/h2-12H,14H2,1H3. The molecule has 0 saturated carbocycles. The fraction of sp³-hybridized carbons (Fsp3) is 0.0870. The molecule has 0 unspecified atom stereocenters. The average molecular weight is 500 g/mol. The first-order chi connectivity index (χ1) is 14.9. The molecule has 3 aromatic carbocycles. The first-order valence-corrected chi connectivity index (χ1v) is 10.2. The molecule has 8 heteroatoms. The third kappa shape index (κ3) is 5.43. The summed E-state index contributed by atoms with van der Waals surface area (Å²) in [6.45, 7) is 0.200. The van der Waals surface area contributed by atoms with E-state index >= 15 is 0 Å². The number of allylic oxidation sites excluding steroid dienone is 1. The summed E-state index contributed by atoms with van der Waals surface area (Å²) in [5.74, 6) is 0.952. The molecular weight excluding hydrogens is 484 g/mol. The summed E-state index contributed by atoms with van der Waals surface area (Å²) >= 11 is 9.72. The molecule has 31 heavy (non-hydrogen) atoms. The van der Waals surface area contributed by atoms with Crippen molar-refractivity contribution >= 4 is 44.9 Å². The monoisotopic (exact) mass is 498 g/mol. The maximum Gasteiger partial charge on any atom is 0.269 e.